The number of hydrogen-bond donors (Lipinski definition) is 1. The van der Waals surface area contributed by atoms with E-state index in [0.29, 0.717) is 25.5 Å². The molecule has 3 rings (SSSR count). The maximum Gasteiger partial charge on any atom is 0.303 e. The molecule has 2 unspecified atom stereocenters. The fourth-order valence-corrected chi connectivity index (χ4v) is 3.73. The van der Waals surface area contributed by atoms with E-state index in [1.807, 2.05) is 17.9 Å². The molecular weight excluding hydrogens is 306 g/mol. The minimum atomic E-state index is -0.762. The van der Waals surface area contributed by atoms with Crippen LogP contribution in [0.3, 0.4) is 0 Å². The second-order valence-corrected chi connectivity index (χ2v) is 7.06. The van der Waals surface area contributed by atoms with Gasteiger partial charge < -0.3 is 14.7 Å². The molecular formula is C19H25NO4. The standard InChI is InChI=1S/C19H25NO4/c1-12-8-15-16(11-24-17(15)9-13(12)2)19(23)20-7-3-4-14(10-20)5-6-18(21)22/h8-9,14,16H,3-7,10-11H2,1-2H3,(H,21,22). The number of aliphatic carboxylic acids is 1. The van der Waals surface area contributed by atoms with Crippen LogP contribution < -0.4 is 4.74 Å². The monoisotopic (exact) mass is 331 g/mol. The van der Waals surface area contributed by atoms with E-state index < -0.39 is 5.97 Å². The van der Waals surface area contributed by atoms with Crippen LogP contribution in [0.1, 0.15) is 48.3 Å². The first-order chi connectivity index (χ1) is 11.5. The van der Waals surface area contributed by atoms with Crippen LogP contribution in [0, 0.1) is 19.8 Å². The third kappa shape index (κ3) is 3.40. The van der Waals surface area contributed by atoms with Crippen molar-refractivity contribution in [2.24, 2.45) is 5.92 Å². The third-order valence-electron chi connectivity index (χ3n) is 5.30. The normalized spacial score (nSPS) is 22.8. The summed E-state index contributed by atoms with van der Waals surface area (Å²) in [4.78, 5) is 25.6. The number of carboxylic acid groups (broad SMARTS) is 1. The number of hydrogen-bond acceptors (Lipinski definition) is 3. The number of piperidine rings is 1. The summed E-state index contributed by atoms with van der Waals surface area (Å²) in [7, 11) is 0. The van der Waals surface area contributed by atoms with Crippen molar-refractivity contribution >= 4 is 11.9 Å². The van der Waals surface area contributed by atoms with E-state index in [-0.39, 0.29) is 18.2 Å². The molecule has 1 aromatic carbocycles. The van der Waals surface area contributed by atoms with Gasteiger partial charge in [0.15, 0.2) is 0 Å². The van der Waals surface area contributed by atoms with E-state index in [9.17, 15) is 9.59 Å². The minimum Gasteiger partial charge on any atom is -0.492 e. The van der Waals surface area contributed by atoms with Gasteiger partial charge in [0.25, 0.3) is 0 Å². The number of likely N-dealkylation sites (tertiary alicyclic amines) is 1. The number of carbonyl (C=O) groups is 2. The molecule has 0 aliphatic carbocycles. The Kier molecular flexibility index (Phi) is 4.78. The summed E-state index contributed by atoms with van der Waals surface area (Å²) in [6.07, 6.45) is 2.78. The summed E-state index contributed by atoms with van der Waals surface area (Å²) in [5, 5.41) is 8.85. The Morgan fingerprint density at radius 2 is 2.04 bits per heavy atom. The van der Waals surface area contributed by atoms with Crippen LogP contribution in [0.15, 0.2) is 12.1 Å². The second kappa shape index (κ2) is 6.83. The number of carboxylic acids is 1. The van der Waals surface area contributed by atoms with E-state index in [0.717, 1.165) is 30.7 Å². The molecule has 5 nitrogen and oxygen atoms in total. The Balaban J connectivity index is 1.69. The topological polar surface area (TPSA) is 66.8 Å². The van der Waals surface area contributed by atoms with Gasteiger partial charge in [0.2, 0.25) is 5.91 Å². The zero-order chi connectivity index (χ0) is 17.3. The maximum absolute atomic E-state index is 13.0. The van der Waals surface area contributed by atoms with Gasteiger partial charge in [-0.15, -0.1) is 0 Å². The van der Waals surface area contributed by atoms with Gasteiger partial charge in [-0.25, -0.2) is 0 Å². The van der Waals surface area contributed by atoms with Crippen LogP contribution in [0.5, 0.6) is 5.75 Å². The predicted molar refractivity (Wildman–Crippen MR) is 90.3 cm³/mol. The van der Waals surface area contributed by atoms with E-state index in [2.05, 4.69) is 13.0 Å². The van der Waals surface area contributed by atoms with E-state index >= 15 is 0 Å². The van der Waals surface area contributed by atoms with Gasteiger partial charge in [-0.1, -0.05) is 6.07 Å². The lowest BCUT2D eigenvalue weighted by Crippen LogP contribution is -2.42. The predicted octanol–water partition coefficient (Wildman–Crippen LogP) is 2.88. The van der Waals surface area contributed by atoms with Crippen molar-refractivity contribution in [1.82, 2.24) is 4.90 Å². The number of ether oxygens (including phenoxy) is 1. The molecule has 2 heterocycles. The second-order valence-electron chi connectivity index (χ2n) is 7.06. The van der Waals surface area contributed by atoms with Crippen molar-refractivity contribution in [3.63, 3.8) is 0 Å². The highest BCUT2D eigenvalue weighted by atomic mass is 16.5. The Morgan fingerprint density at radius 3 is 2.79 bits per heavy atom. The molecule has 24 heavy (non-hydrogen) atoms. The minimum absolute atomic E-state index is 0.122. The largest absolute Gasteiger partial charge is 0.492 e. The van der Waals surface area contributed by atoms with Gasteiger partial charge in [0, 0.05) is 25.1 Å². The lowest BCUT2D eigenvalue weighted by Gasteiger charge is -2.34. The van der Waals surface area contributed by atoms with Crippen molar-refractivity contribution in [3.8, 4) is 5.75 Å². The maximum atomic E-state index is 13.0. The van der Waals surface area contributed by atoms with Crippen LogP contribution in [0.25, 0.3) is 0 Å². The molecule has 1 fully saturated rings. The van der Waals surface area contributed by atoms with Crippen molar-refractivity contribution in [2.45, 2.75) is 45.4 Å². The zero-order valence-corrected chi connectivity index (χ0v) is 14.4. The van der Waals surface area contributed by atoms with Crippen molar-refractivity contribution in [1.29, 1.82) is 0 Å². The quantitative estimate of drug-likeness (QED) is 0.921. The van der Waals surface area contributed by atoms with Crippen molar-refractivity contribution in [2.75, 3.05) is 19.7 Å². The van der Waals surface area contributed by atoms with Crippen LogP contribution in [0.2, 0.25) is 0 Å². The molecule has 5 heteroatoms. The summed E-state index contributed by atoms with van der Waals surface area (Å²) in [5.74, 6) is 0.258. The van der Waals surface area contributed by atoms with Gasteiger partial charge in [-0.3, -0.25) is 9.59 Å². The lowest BCUT2D eigenvalue weighted by atomic mass is 9.91. The molecule has 2 aliphatic rings. The van der Waals surface area contributed by atoms with Crippen LogP contribution in [-0.4, -0.2) is 41.6 Å². The molecule has 0 aromatic heterocycles. The van der Waals surface area contributed by atoms with Gasteiger partial charge in [0.1, 0.15) is 18.3 Å². The number of fused-ring (bicyclic) bond motifs is 1. The molecule has 0 saturated carbocycles. The summed E-state index contributed by atoms with van der Waals surface area (Å²) in [5.41, 5.74) is 3.35. The Labute approximate surface area is 142 Å². The Morgan fingerprint density at radius 1 is 1.29 bits per heavy atom. The average Bonchev–Trinajstić information content (AvgIpc) is 2.95. The average molecular weight is 331 g/mol. The van der Waals surface area contributed by atoms with Crippen LogP contribution >= 0.6 is 0 Å². The Bertz CT molecular complexity index is 655. The van der Waals surface area contributed by atoms with Gasteiger partial charge in [-0.2, -0.15) is 0 Å². The van der Waals surface area contributed by atoms with E-state index in [1.54, 1.807) is 0 Å². The number of rotatable bonds is 4. The number of benzene rings is 1. The third-order valence-corrected chi connectivity index (χ3v) is 5.30. The molecule has 2 atom stereocenters. The summed E-state index contributed by atoms with van der Waals surface area (Å²) < 4.78 is 5.74. The van der Waals surface area contributed by atoms with Crippen molar-refractivity contribution in [3.05, 3.63) is 28.8 Å². The SMILES string of the molecule is Cc1cc2c(cc1C)C(C(=O)N1CCCC(CCC(=O)O)C1)CO2. The molecule has 2 aliphatic heterocycles. The fraction of sp³-hybridized carbons (Fsp3) is 0.579. The molecule has 1 aromatic rings. The highest BCUT2D eigenvalue weighted by molar-refractivity contribution is 5.86. The lowest BCUT2D eigenvalue weighted by molar-refractivity contribution is -0.137. The molecule has 1 amide bonds. The smallest absolute Gasteiger partial charge is 0.303 e. The van der Waals surface area contributed by atoms with Crippen molar-refractivity contribution < 1.29 is 19.4 Å². The number of amides is 1. The number of carbonyl (C=O) groups excluding carboxylic acids is 1. The summed E-state index contributed by atoms with van der Waals surface area (Å²) in [6.45, 7) is 5.94. The molecule has 130 valence electrons. The first-order valence-electron chi connectivity index (χ1n) is 8.70. The molecule has 0 bridgehead atoms. The van der Waals surface area contributed by atoms with Crippen LogP contribution in [-0.2, 0) is 9.59 Å². The Hall–Kier alpha value is -2.04. The van der Waals surface area contributed by atoms with Crippen LogP contribution in [0.4, 0.5) is 0 Å². The first kappa shape index (κ1) is 16.8. The number of nitrogens with zero attached hydrogens (tertiary/aromatic N) is 1. The molecule has 0 radical (unpaired) electrons. The van der Waals surface area contributed by atoms with Gasteiger partial charge in [-0.05, 0) is 56.2 Å². The molecule has 1 saturated heterocycles. The van der Waals surface area contributed by atoms with E-state index in [4.69, 9.17) is 9.84 Å². The molecule has 0 spiro atoms. The highest BCUT2D eigenvalue weighted by Crippen LogP contribution is 2.37. The fourth-order valence-electron chi connectivity index (χ4n) is 3.73. The highest BCUT2D eigenvalue weighted by Gasteiger charge is 2.35. The van der Waals surface area contributed by atoms with Gasteiger partial charge in [0.05, 0.1) is 0 Å². The first-order valence-corrected chi connectivity index (χ1v) is 8.70. The zero-order valence-electron chi connectivity index (χ0n) is 14.4. The van der Waals surface area contributed by atoms with Gasteiger partial charge >= 0.3 is 5.97 Å². The molecule has 1 N–H and O–H groups in total. The van der Waals surface area contributed by atoms with E-state index in [1.165, 1.54) is 11.1 Å². The summed E-state index contributed by atoms with van der Waals surface area (Å²) >= 11 is 0. The summed E-state index contributed by atoms with van der Waals surface area (Å²) in [6, 6.07) is 4.09. The number of aryl methyl sites for hydroxylation is 2.